The summed E-state index contributed by atoms with van der Waals surface area (Å²) < 4.78 is 68.7. The molecular weight excluding hydrogens is 1310 g/mol. The van der Waals surface area contributed by atoms with Gasteiger partial charge in [0, 0.05) is 25.7 Å². The Kier molecular flexibility index (Phi) is 69.9. The van der Waals surface area contributed by atoms with Crippen molar-refractivity contribution in [3.63, 3.8) is 0 Å². The van der Waals surface area contributed by atoms with Gasteiger partial charge in [-0.3, -0.25) is 37.3 Å². The monoisotopic (exact) mass is 1470 g/mol. The number of rotatable bonds is 79. The lowest BCUT2D eigenvalue weighted by Crippen LogP contribution is -2.30. The molecule has 0 heterocycles. The van der Waals surface area contributed by atoms with Crippen molar-refractivity contribution in [1.29, 1.82) is 0 Å². The maximum atomic E-state index is 13.1. The minimum Gasteiger partial charge on any atom is -0.462 e. The van der Waals surface area contributed by atoms with Crippen molar-refractivity contribution in [2.75, 3.05) is 39.6 Å². The van der Waals surface area contributed by atoms with Gasteiger partial charge in [-0.1, -0.05) is 370 Å². The van der Waals surface area contributed by atoms with Gasteiger partial charge >= 0.3 is 39.5 Å². The minimum absolute atomic E-state index is 0.107. The molecule has 0 aromatic carbocycles. The minimum atomic E-state index is -4.96. The zero-order valence-corrected chi connectivity index (χ0v) is 67.5. The van der Waals surface area contributed by atoms with Crippen LogP contribution < -0.4 is 0 Å². The van der Waals surface area contributed by atoms with Crippen LogP contribution in [0.5, 0.6) is 0 Å². The molecule has 0 bridgehead atoms. The SMILES string of the molecule is CCCCCCCCCCCCC(=O)OC[C@H](COP(=O)(O)OC[C@H](O)COP(=O)(O)OC[C@@H](COC(=O)CCCCCCCCCCCCCCCCC(C)C)OC(=O)CCCCCCCCCCCCCCCCC(C)C)OC(=O)CCCCCCCCCCCCCCCC(C)C. The first kappa shape index (κ1) is 98.1. The van der Waals surface area contributed by atoms with E-state index in [0.717, 1.165) is 108 Å². The number of ether oxygens (including phenoxy) is 4. The Balaban J connectivity index is 5.25. The molecule has 0 radical (unpaired) electrons. The predicted octanol–water partition coefficient (Wildman–Crippen LogP) is 24.1. The van der Waals surface area contributed by atoms with Crippen LogP contribution in [0.4, 0.5) is 0 Å². The van der Waals surface area contributed by atoms with Crippen molar-refractivity contribution >= 4 is 39.5 Å². The van der Waals surface area contributed by atoms with Crippen molar-refractivity contribution in [2.45, 2.75) is 439 Å². The maximum absolute atomic E-state index is 13.1. The van der Waals surface area contributed by atoms with E-state index >= 15 is 0 Å². The van der Waals surface area contributed by atoms with Crippen LogP contribution >= 0.6 is 15.6 Å². The second-order valence-electron chi connectivity index (χ2n) is 30.6. The Bertz CT molecular complexity index is 1940. The number of hydrogen-bond donors (Lipinski definition) is 3. The molecule has 19 heteroatoms. The number of aliphatic hydroxyl groups excluding tert-OH is 1. The summed E-state index contributed by atoms with van der Waals surface area (Å²) in [5.74, 6) is 0.271. The first-order valence-corrected chi connectivity index (χ1v) is 44.8. The van der Waals surface area contributed by atoms with Crippen molar-refractivity contribution < 1.29 is 80.2 Å². The van der Waals surface area contributed by atoms with Crippen molar-refractivity contribution in [3.05, 3.63) is 0 Å². The molecule has 0 amide bonds. The van der Waals surface area contributed by atoms with E-state index in [4.69, 9.17) is 37.0 Å². The zero-order chi connectivity index (χ0) is 73.7. The van der Waals surface area contributed by atoms with Crippen molar-refractivity contribution in [1.82, 2.24) is 0 Å². The molecule has 594 valence electrons. The summed E-state index contributed by atoms with van der Waals surface area (Å²) in [5, 5.41) is 10.6. The summed E-state index contributed by atoms with van der Waals surface area (Å²) in [4.78, 5) is 73.0. The van der Waals surface area contributed by atoms with E-state index in [0.29, 0.717) is 25.7 Å². The zero-order valence-electron chi connectivity index (χ0n) is 65.7. The van der Waals surface area contributed by atoms with E-state index in [1.165, 1.54) is 231 Å². The van der Waals surface area contributed by atoms with Crippen LogP contribution in [0.25, 0.3) is 0 Å². The van der Waals surface area contributed by atoms with E-state index in [-0.39, 0.29) is 25.7 Å². The third kappa shape index (κ3) is 74.3. The molecule has 0 aliphatic rings. The summed E-state index contributed by atoms with van der Waals surface area (Å²) >= 11 is 0. The van der Waals surface area contributed by atoms with Crippen molar-refractivity contribution in [3.8, 4) is 0 Å². The van der Waals surface area contributed by atoms with Gasteiger partial charge in [-0.25, -0.2) is 9.13 Å². The van der Waals surface area contributed by atoms with Gasteiger partial charge in [0.25, 0.3) is 0 Å². The average molecular weight is 1470 g/mol. The summed E-state index contributed by atoms with van der Waals surface area (Å²) in [6.07, 6.45) is 59.5. The Labute approximate surface area is 613 Å². The van der Waals surface area contributed by atoms with Crippen LogP contribution in [0.2, 0.25) is 0 Å². The number of unbranched alkanes of at least 4 members (excludes halogenated alkanes) is 47. The Morgan fingerprint density at radius 1 is 0.270 bits per heavy atom. The number of esters is 4. The number of phosphoric ester groups is 2. The summed E-state index contributed by atoms with van der Waals surface area (Å²) in [5.41, 5.74) is 0. The predicted molar refractivity (Wildman–Crippen MR) is 409 cm³/mol. The van der Waals surface area contributed by atoms with Gasteiger partial charge in [0.05, 0.1) is 26.4 Å². The van der Waals surface area contributed by atoms with Crippen LogP contribution in [0.1, 0.15) is 421 Å². The number of phosphoric acid groups is 2. The molecule has 0 saturated heterocycles. The van der Waals surface area contributed by atoms with Crippen LogP contribution in [-0.4, -0.2) is 96.7 Å². The van der Waals surface area contributed by atoms with E-state index in [9.17, 15) is 43.2 Å². The largest absolute Gasteiger partial charge is 0.472 e. The highest BCUT2D eigenvalue weighted by Crippen LogP contribution is 2.45. The first-order chi connectivity index (χ1) is 48.2. The van der Waals surface area contributed by atoms with E-state index in [2.05, 4.69) is 48.5 Å². The van der Waals surface area contributed by atoms with E-state index < -0.39 is 97.5 Å². The van der Waals surface area contributed by atoms with E-state index in [1.807, 2.05) is 0 Å². The molecule has 0 rings (SSSR count). The Morgan fingerprint density at radius 3 is 0.680 bits per heavy atom. The second kappa shape index (κ2) is 71.3. The first-order valence-electron chi connectivity index (χ1n) is 41.8. The molecule has 2 unspecified atom stereocenters. The van der Waals surface area contributed by atoms with Gasteiger partial charge in [0.15, 0.2) is 12.2 Å². The maximum Gasteiger partial charge on any atom is 0.472 e. The molecular formula is C81H158O17P2. The standard InChI is InChI=1S/C81H158O17P2/c1-8-9-10-11-12-13-34-41-48-55-62-78(83)91-68-76(97-81(86)65-58-51-44-37-30-24-18-21-27-33-40-47-54-61-74(6)7)70-95-99(87,88)93-66-75(82)67-94-100(89,90)96-71-77(98-80(85)64-57-50-43-36-29-23-17-15-20-26-32-39-46-53-60-73(4)5)69-92-79(84)63-56-49-42-35-28-22-16-14-19-25-31-38-45-52-59-72(2)3/h72-77,82H,8-71H2,1-7H3,(H,87,88)(H,89,90)/t75-,76+,77+/m0/s1. The quantitative estimate of drug-likeness (QED) is 0.0222. The van der Waals surface area contributed by atoms with Gasteiger partial charge in [-0.05, 0) is 43.4 Å². The molecule has 3 N–H and O–H groups in total. The molecule has 0 aliphatic carbocycles. The normalized spacial score (nSPS) is 14.0. The Morgan fingerprint density at radius 2 is 0.460 bits per heavy atom. The lowest BCUT2D eigenvalue weighted by molar-refractivity contribution is -0.161. The molecule has 17 nitrogen and oxygen atoms in total. The lowest BCUT2D eigenvalue weighted by atomic mass is 10.0. The number of carbonyl (C=O) groups is 4. The van der Waals surface area contributed by atoms with Gasteiger partial charge < -0.3 is 33.8 Å². The van der Waals surface area contributed by atoms with Gasteiger partial charge in [0.1, 0.15) is 19.3 Å². The number of hydrogen-bond acceptors (Lipinski definition) is 15. The van der Waals surface area contributed by atoms with Crippen LogP contribution in [-0.2, 0) is 65.4 Å². The highest BCUT2D eigenvalue weighted by molar-refractivity contribution is 7.47. The third-order valence-corrected chi connectivity index (χ3v) is 20.8. The third-order valence-electron chi connectivity index (χ3n) is 18.9. The molecule has 0 saturated carbocycles. The summed E-state index contributed by atoms with van der Waals surface area (Å²) in [6.45, 7) is 12.0. The smallest absolute Gasteiger partial charge is 0.462 e. The highest BCUT2D eigenvalue weighted by Gasteiger charge is 2.30. The summed E-state index contributed by atoms with van der Waals surface area (Å²) in [6, 6.07) is 0. The molecule has 5 atom stereocenters. The van der Waals surface area contributed by atoms with Crippen LogP contribution in [0, 0.1) is 17.8 Å². The van der Waals surface area contributed by atoms with E-state index in [1.54, 1.807) is 0 Å². The fourth-order valence-corrected chi connectivity index (χ4v) is 14.1. The molecule has 0 aromatic heterocycles. The number of carbonyl (C=O) groups excluding carboxylic acids is 4. The van der Waals surface area contributed by atoms with Crippen molar-refractivity contribution in [2.24, 2.45) is 17.8 Å². The highest BCUT2D eigenvalue weighted by atomic mass is 31.2. The van der Waals surface area contributed by atoms with Crippen LogP contribution in [0.15, 0.2) is 0 Å². The average Bonchev–Trinajstić information content (AvgIpc) is 1.00. The lowest BCUT2D eigenvalue weighted by Gasteiger charge is -2.21. The van der Waals surface area contributed by atoms with Gasteiger partial charge in [-0.15, -0.1) is 0 Å². The fraction of sp³-hybridized carbons (Fsp3) is 0.951. The molecule has 0 aliphatic heterocycles. The second-order valence-corrected chi connectivity index (χ2v) is 33.5. The fourth-order valence-electron chi connectivity index (χ4n) is 12.5. The number of aliphatic hydroxyl groups is 1. The van der Waals surface area contributed by atoms with Gasteiger partial charge in [-0.2, -0.15) is 0 Å². The Hall–Kier alpha value is -1.94. The molecule has 100 heavy (non-hydrogen) atoms. The molecule has 0 fully saturated rings. The molecule has 0 spiro atoms. The summed E-state index contributed by atoms with van der Waals surface area (Å²) in [7, 11) is -9.92. The molecule has 0 aromatic rings. The topological polar surface area (TPSA) is 237 Å². The van der Waals surface area contributed by atoms with Gasteiger partial charge in [0.2, 0.25) is 0 Å². The van der Waals surface area contributed by atoms with Crippen LogP contribution in [0.3, 0.4) is 0 Å².